The van der Waals surface area contributed by atoms with Crippen LogP contribution in [0.5, 0.6) is 0 Å². The van der Waals surface area contributed by atoms with Gasteiger partial charge in [0.2, 0.25) is 0 Å². The maximum Gasteiger partial charge on any atom is 0.305 e. The number of ether oxygens (including phenoxy) is 1. The predicted molar refractivity (Wildman–Crippen MR) is 82.3 cm³/mol. The van der Waals surface area contributed by atoms with E-state index in [4.69, 9.17) is 9.15 Å². The molecule has 2 rings (SSSR count). The minimum absolute atomic E-state index is 0.200. The molecule has 1 aromatic rings. The van der Waals surface area contributed by atoms with Crippen molar-refractivity contribution in [2.45, 2.75) is 32.6 Å². The summed E-state index contributed by atoms with van der Waals surface area (Å²) >= 11 is 0. The molecule has 0 fully saturated rings. The van der Waals surface area contributed by atoms with Crippen LogP contribution in [0.15, 0.2) is 35.0 Å². The van der Waals surface area contributed by atoms with Gasteiger partial charge in [-0.3, -0.25) is 9.59 Å². The fourth-order valence-corrected chi connectivity index (χ4v) is 2.44. The Balaban J connectivity index is 1.56. The zero-order chi connectivity index (χ0) is 15.8. The smallest absolute Gasteiger partial charge is 0.305 e. The van der Waals surface area contributed by atoms with Crippen LogP contribution in [0.1, 0.15) is 43.2 Å². The van der Waals surface area contributed by atoms with Crippen molar-refractivity contribution in [3.63, 3.8) is 0 Å². The first-order valence-electron chi connectivity index (χ1n) is 7.79. The Morgan fingerprint density at radius 2 is 2.18 bits per heavy atom. The molecule has 1 aliphatic carbocycles. The van der Waals surface area contributed by atoms with Crippen LogP contribution >= 0.6 is 0 Å². The van der Waals surface area contributed by atoms with Gasteiger partial charge in [0.05, 0.1) is 12.9 Å². The summed E-state index contributed by atoms with van der Waals surface area (Å²) in [6, 6.07) is 3.26. The standard InChI is InChI=1S/C17H23NO4/c1-13-6-2-3-7-14(13)12-22-16(19)9-4-10-18-17(20)15-8-5-11-21-15/h2-3,5,8,11,13-14H,4,6-7,9-10,12H2,1H3,(H,18,20). The first kappa shape index (κ1) is 16.3. The summed E-state index contributed by atoms with van der Waals surface area (Å²) in [5.74, 6) is 0.801. The Morgan fingerprint density at radius 3 is 2.91 bits per heavy atom. The van der Waals surface area contributed by atoms with Crippen LogP contribution in [-0.4, -0.2) is 25.0 Å². The zero-order valence-electron chi connectivity index (χ0n) is 12.9. The third kappa shape index (κ3) is 5.06. The fourth-order valence-electron chi connectivity index (χ4n) is 2.44. The van der Waals surface area contributed by atoms with Crippen molar-refractivity contribution < 1.29 is 18.7 Å². The highest BCUT2D eigenvalue weighted by Crippen LogP contribution is 2.25. The number of esters is 1. The van der Waals surface area contributed by atoms with Gasteiger partial charge in [0.15, 0.2) is 5.76 Å². The summed E-state index contributed by atoms with van der Waals surface area (Å²) in [7, 11) is 0. The van der Waals surface area contributed by atoms with E-state index in [9.17, 15) is 9.59 Å². The van der Waals surface area contributed by atoms with Crippen LogP contribution in [0.4, 0.5) is 0 Å². The maximum absolute atomic E-state index is 11.7. The summed E-state index contributed by atoms with van der Waals surface area (Å²) in [5, 5.41) is 2.70. The summed E-state index contributed by atoms with van der Waals surface area (Å²) in [4.78, 5) is 23.3. The molecule has 0 saturated carbocycles. The van der Waals surface area contributed by atoms with E-state index < -0.39 is 0 Å². The first-order chi connectivity index (χ1) is 10.7. The molecule has 0 aromatic carbocycles. The second-order valence-corrected chi connectivity index (χ2v) is 5.70. The van der Waals surface area contributed by atoms with Gasteiger partial charge in [-0.2, -0.15) is 0 Å². The molecule has 0 aliphatic heterocycles. The monoisotopic (exact) mass is 305 g/mol. The van der Waals surface area contributed by atoms with E-state index in [0.29, 0.717) is 37.8 Å². The van der Waals surface area contributed by atoms with Crippen LogP contribution in [0.3, 0.4) is 0 Å². The number of carbonyl (C=O) groups excluding carboxylic acids is 2. The molecule has 0 saturated heterocycles. The number of allylic oxidation sites excluding steroid dienone is 2. The fraction of sp³-hybridized carbons (Fsp3) is 0.529. The van der Waals surface area contributed by atoms with Crippen molar-refractivity contribution in [1.29, 1.82) is 0 Å². The van der Waals surface area contributed by atoms with Crippen molar-refractivity contribution in [3.05, 3.63) is 36.3 Å². The van der Waals surface area contributed by atoms with Gasteiger partial charge in [0, 0.05) is 13.0 Å². The highest BCUT2D eigenvalue weighted by molar-refractivity contribution is 5.91. The van der Waals surface area contributed by atoms with Crippen molar-refractivity contribution in [1.82, 2.24) is 5.32 Å². The molecule has 1 amide bonds. The Labute approximate surface area is 130 Å². The topological polar surface area (TPSA) is 68.5 Å². The van der Waals surface area contributed by atoms with E-state index >= 15 is 0 Å². The average molecular weight is 305 g/mol. The Kier molecular flexibility index (Phi) is 6.25. The van der Waals surface area contributed by atoms with Crippen molar-refractivity contribution in [2.24, 2.45) is 11.8 Å². The van der Waals surface area contributed by atoms with Crippen molar-refractivity contribution >= 4 is 11.9 Å². The van der Waals surface area contributed by atoms with Crippen molar-refractivity contribution in [3.8, 4) is 0 Å². The van der Waals surface area contributed by atoms with E-state index in [1.54, 1.807) is 12.1 Å². The predicted octanol–water partition coefficient (Wildman–Crippen LogP) is 2.94. The van der Waals surface area contributed by atoms with Gasteiger partial charge in [-0.15, -0.1) is 0 Å². The van der Waals surface area contributed by atoms with Gasteiger partial charge in [-0.25, -0.2) is 0 Å². The van der Waals surface area contributed by atoms with Gasteiger partial charge in [-0.05, 0) is 43.2 Å². The summed E-state index contributed by atoms with van der Waals surface area (Å²) in [5.41, 5.74) is 0. The lowest BCUT2D eigenvalue weighted by atomic mass is 9.85. The van der Waals surface area contributed by atoms with Crippen molar-refractivity contribution in [2.75, 3.05) is 13.2 Å². The van der Waals surface area contributed by atoms with Gasteiger partial charge >= 0.3 is 5.97 Å². The number of hydrogen-bond acceptors (Lipinski definition) is 4. The molecule has 0 radical (unpaired) electrons. The number of rotatable bonds is 7. The minimum Gasteiger partial charge on any atom is -0.465 e. The molecule has 1 heterocycles. The Hall–Kier alpha value is -2.04. The second kappa shape index (κ2) is 8.41. The van der Waals surface area contributed by atoms with E-state index in [1.807, 2.05) is 0 Å². The Bertz CT molecular complexity index is 507. The number of amides is 1. The van der Waals surface area contributed by atoms with Gasteiger partial charge < -0.3 is 14.5 Å². The van der Waals surface area contributed by atoms with Gasteiger partial charge in [0.1, 0.15) is 0 Å². The molecule has 1 aromatic heterocycles. The molecular formula is C17H23NO4. The maximum atomic E-state index is 11.7. The largest absolute Gasteiger partial charge is 0.465 e. The number of hydrogen-bond donors (Lipinski definition) is 1. The first-order valence-corrected chi connectivity index (χ1v) is 7.79. The van der Waals surface area contributed by atoms with E-state index in [2.05, 4.69) is 24.4 Å². The molecule has 120 valence electrons. The van der Waals surface area contributed by atoms with E-state index in [0.717, 1.165) is 12.8 Å². The molecular weight excluding hydrogens is 282 g/mol. The molecule has 2 atom stereocenters. The van der Waals surface area contributed by atoms with Crippen LogP contribution < -0.4 is 5.32 Å². The molecule has 1 aliphatic rings. The molecule has 0 spiro atoms. The number of nitrogens with one attached hydrogen (secondary N) is 1. The Morgan fingerprint density at radius 1 is 1.36 bits per heavy atom. The lowest BCUT2D eigenvalue weighted by molar-refractivity contribution is -0.145. The minimum atomic E-state index is -0.263. The van der Waals surface area contributed by atoms with E-state index in [1.165, 1.54) is 6.26 Å². The highest BCUT2D eigenvalue weighted by atomic mass is 16.5. The summed E-state index contributed by atoms with van der Waals surface area (Å²) < 4.78 is 10.3. The average Bonchev–Trinajstić information content (AvgIpc) is 3.05. The lowest BCUT2D eigenvalue weighted by Gasteiger charge is -2.24. The number of furan rings is 1. The molecule has 1 N–H and O–H groups in total. The second-order valence-electron chi connectivity index (χ2n) is 5.70. The highest BCUT2D eigenvalue weighted by Gasteiger charge is 2.19. The van der Waals surface area contributed by atoms with Crippen LogP contribution in [0.25, 0.3) is 0 Å². The SMILES string of the molecule is CC1CC=CCC1COC(=O)CCCNC(=O)c1ccco1. The van der Waals surface area contributed by atoms with Crippen LogP contribution in [0.2, 0.25) is 0 Å². The van der Waals surface area contributed by atoms with Crippen LogP contribution in [-0.2, 0) is 9.53 Å². The van der Waals surface area contributed by atoms with Crippen LogP contribution in [0, 0.1) is 11.8 Å². The molecule has 0 bridgehead atoms. The number of carbonyl (C=O) groups is 2. The zero-order valence-corrected chi connectivity index (χ0v) is 12.9. The molecule has 5 heteroatoms. The summed E-state index contributed by atoms with van der Waals surface area (Å²) in [6.07, 6.45) is 8.70. The lowest BCUT2D eigenvalue weighted by Crippen LogP contribution is -2.25. The summed E-state index contributed by atoms with van der Waals surface area (Å²) in [6.45, 7) is 3.10. The quantitative estimate of drug-likeness (QED) is 0.478. The molecule has 5 nitrogen and oxygen atoms in total. The van der Waals surface area contributed by atoms with Gasteiger partial charge in [-0.1, -0.05) is 19.1 Å². The van der Waals surface area contributed by atoms with E-state index in [-0.39, 0.29) is 17.6 Å². The normalized spacial score (nSPS) is 20.6. The molecule has 2 unspecified atom stereocenters. The third-order valence-electron chi connectivity index (χ3n) is 3.96. The third-order valence-corrected chi connectivity index (χ3v) is 3.96. The van der Waals surface area contributed by atoms with Gasteiger partial charge in [0.25, 0.3) is 5.91 Å². The molecule has 22 heavy (non-hydrogen) atoms.